The SMILES string of the molecule is CCC(C)C(NC(=O)C(N)Cc1ccc(O)cc1)C(=O)NC(CO)C(=O)NC(CC(C)C)C(=O)O. The second-order valence-corrected chi connectivity index (χ2v) is 9.12. The Hall–Kier alpha value is -3.18. The Bertz CT molecular complexity index is 860. The average Bonchev–Trinajstić information content (AvgIpc) is 2.80. The van der Waals surface area contributed by atoms with Gasteiger partial charge < -0.3 is 37.0 Å². The van der Waals surface area contributed by atoms with Crippen LogP contribution >= 0.6 is 0 Å². The number of carboxylic acid groups (broad SMARTS) is 1. The highest BCUT2D eigenvalue weighted by molar-refractivity contribution is 5.94. The zero-order valence-electron chi connectivity index (χ0n) is 20.7. The first-order chi connectivity index (χ1) is 16.4. The number of aromatic hydroxyl groups is 1. The maximum atomic E-state index is 13.0. The number of carbonyl (C=O) groups excluding carboxylic acids is 3. The highest BCUT2D eigenvalue weighted by atomic mass is 16.4. The van der Waals surface area contributed by atoms with Crippen LogP contribution < -0.4 is 21.7 Å². The molecule has 5 atom stereocenters. The van der Waals surface area contributed by atoms with Gasteiger partial charge in [0.2, 0.25) is 17.7 Å². The van der Waals surface area contributed by atoms with Crippen molar-refractivity contribution in [3.05, 3.63) is 29.8 Å². The van der Waals surface area contributed by atoms with Crippen molar-refractivity contribution in [3.63, 3.8) is 0 Å². The summed E-state index contributed by atoms with van der Waals surface area (Å²) in [4.78, 5) is 49.7. The van der Waals surface area contributed by atoms with Crippen LogP contribution in [-0.2, 0) is 25.6 Å². The Morgan fingerprint density at radius 1 is 0.914 bits per heavy atom. The summed E-state index contributed by atoms with van der Waals surface area (Å²) in [6, 6.07) is 1.65. The summed E-state index contributed by atoms with van der Waals surface area (Å²) in [5.74, 6) is -3.58. The van der Waals surface area contributed by atoms with Gasteiger partial charge in [0.25, 0.3) is 0 Å². The lowest BCUT2D eigenvalue weighted by Crippen LogP contribution is -2.59. The van der Waals surface area contributed by atoms with Crippen LogP contribution in [0.3, 0.4) is 0 Å². The third-order valence-electron chi connectivity index (χ3n) is 5.66. The molecule has 1 aromatic carbocycles. The van der Waals surface area contributed by atoms with E-state index in [4.69, 9.17) is 5.73 Å². The molecule has 11 heteroatoms. The summed E-state index contributed by atoms with van der Waals surface area (Å²) in [5, 5.41) is 35.7. The van der Waals surface area contributed by atoms with E-state index >= 15 is 0 Å². The second-order valence-electron chi connectivity index (χ2n) is 9.12. The van der Waals surface area contributed by atoms with Crippen LogP contribution in [0.2, 0.25) is 0 Å². The first-order valence-corrected chi connectivity index (χ1v) is 11.7. The Labute approximate surface area is 205 Å². The Kier molecular flexibility index (Phi) is 12.2. The van der Waals surface area contributed by atoms with Crippen molar-refractivity contribution in [1.82, 2.24) is 16.0 Å². The third kappa shape index (κ3) is 9.91. The molecule has 3 amide bonds. The number of amides is 3. The molecule has 196 valence electrons. The molecule has 0 fully saturated rings. The molecule has 0 aromatic heterocycles. The number of carbonyl (C=O) groups is 4. The highest BCUT2D eigenvalue weighted by Crippen LogP contribution is 2.12. The van der Waals surface area contributed by atoms with Crippen LogP contribution in [0.25, 0.3) is 0 Å². The van der Waals surface area contributed by atoms with Crippen LogP contribution in [0.4, 0.5) is 0 Å². The fourth-order valence-electron chi connectivity index (χ4n) is 3.36. The topological polar surface area (TPSA) is 191 Å². The van der Waals surface area contributed by atoms with E-state index in [0.717, 1.165) is 5.56 Å². The highest BCUT2D eigenvalue weighted by Gasteiger charge is 2.32. The number of nitrogens with one attached hydrogen (secondary N) is 3. The molecular formula is C24H38N4O7. The number of aliphatic carboxylic acids is 1. The van der Waals surface area contributed by atoms with Crippen molar-refractivity contribution in [2.75, 3.05) is 6.61 Å². The van der Waals surface area contributed by atoms with E-state index in [1.165, 1.54) is 12.1 Å². The molecule has 0 heterocycles. The monoisotopic (exact) mass is 494 g/mol. The molecular weight excluding hydrogens is 456 g/mol. The number of nitrogens with two attached hydrogens (primary N) is 1. The molecule has 0 saturated heterocycles. The lowest BCUT2D eigenvalue weighted by Gasteiger charge is -2.27. The largest absolute Gasteiger partial charge is 0.508 e. The number of hydrogen-bond acceptors (Lipinski definition) is 7. The van der Waals surface area contributed by atoms with Crippen molar-refractivity contribution in [3.8, 4) is 5.75 Å². The van der Waals surface area contributed by atoms with E-state index < -0.39 is 54.5 Å². The van der Waals surface area contributed by atoms with Gasteiger partial charge in [-0.3, -0.25) is 14.4 Å². The zero-order chi connectivity index (χ0) is 26.7. The van der Waals surface area contributed by atoms with Gasteiger partial charge in [0, 0.05) is 0 Å². The minimum absolute atomic E-state index is 0.00523. The molecule has 1 rings (SSSR count). The maximum Gasteiger partial charge on any atom is 0.326 e. The molecule has 0 spiro atoms. The molecule has 0 aliphatic heterocycles. The Morgan fingerprint density at radius 3 is 1.97 bits per heavy atom. The van der Waals surface area contributed by atoms with Gasteiger partial charge in [0.05, 0.1) is 12.6 Å². The summed E-state index contributed by atoms with van der Waals surface area (Å²) in [6.45, 7) is 6.42. The molecule has 5 unspecified atom stereocenters. The normalized spacial score (nSPS) is 15.4. The molecule has 0 saturated carbocycles. The number of aliphatic hydroxyl groups excluding tert-OH is 1. The van der Waals surface area contributed by atoms with Gasteiger partial charge in [-0.25, -0.2) is 4.79 Å². The lowest BCUT2D eigenvalue weighted by molar-refractivity contribution is -0.143. The van der Waals surface area contributed by atoms with E-state index in [9.17, 15) is 34.5 Å². The first kappa shape index (κ1) is 29.9. The van der Waals surface area contributed by atoms with E-state index in [0.29, 0.717) is 6.42 Å². The van der Waals surface area contributed by atoms with Gasteiger partial charge >= 0.3 is 5.97 Å². The second kappa shape index (κ2) is 14.3. The molecule has 1 aromatic rings. The molecule has 0 radical (unpaired) electrons. The molecule has 8 N–H and O–H groups in total. The van der Waals surface area contributed by atoms with Crippen molar-refractivity contribution < 1.29 is 34.5 Å². The minimum Gasteiger partial charge on any atom is -0.508 e. The van der Waals surface area contributed by atoms with Gasteiger partial charge in [-0.15, -0.1) is 0 Å². The zero-order valence-corrected chi connectivity index (χ0v) is 20.7. The fourth-order valence-corrected chi connectivity index (χ4v) is 3.36. The molecule has 0 bridgehead atoms. The quantitative estimate of drug-likeness (QED) is 0.186. The third-order valence-corrected chi connectivity index (χ3v) is 5.66. The Morgan fingerprint density at radius 2 is 1.49 bits per heavy atom. The summed E-state index contributed by atoms with van der Waals surface area (Å²) in [7, 11) is 0. The van der Waals surface area contributed by atoms with Gasteiger partial charge in [0.15, 0.2) is 0 Å². The van der Waals surface area contributed by atoms with E-state index in [1.807, 2.05) is 6.92 Å². The van der Waals surface area contributed by atoms with E-state index in [2.05, 4.69) is 16.0 Å². The van der Waals surface area contributed by atoms with E-state index in [-0.39, 0.29) is 30.4 Å². The summed E-state index contributed by atoms with van der Waals surface area (Å²) < 4.78 is 0. The van der Waals surface area contributed by atoms with Crippen molar-refractivity contribution >= 4 is 23.7 Å². The van der Waals surface area contributed by atoms with Gasteiger partial charge in [-0.1, -0.05) is 46.2 Å². The molecule has 11 nitrogen and oxygen atoms in total. The van der Waals surface area contributed by atoms with Gasteiger partial charge in [-0.05, 0) is 42.4 Å². The van der Waals surface area contributed by atoms with Crippen molar-refractivity contribution in [2.24, 2.45) is 17.6 Å². The summed E-state index contributed by atoms with van der Waals surface area (Å²) >= 11 is 0. The first-order valence-electron chi connectivity index (χ1n) is 11.7. The summed E-state index contributed by atoms with van der Waals surface area (Å²) in [5.41, 5.74) is 6.73. The number of aliphatic hydroxyl groups is 1. The smallest absolute Gasteiger partial charge is 0.326 e. The number of rotatable bonds is 14. The number of hydrogen-bond donors (Lipinski definition) is 7. The molecule has 0 aliphatic rings. The van der Waals surface area contributed by atoms with Gasteiger partial charge in [-0.2, -0.15) is 0 Å². The van der Waals surface area contributed by atoms with Crippen LogP contribution in [0.1, 0.15) is 46.1 Å². The van der Waals surface area contributed by atoms with Crippen LogP contribution in [-0.4, -0.2) is 69.8 Å². The van der Waals surface area contributed by atoms with Crippen LogP contribution in [0.5, 0.6) is 5.75 Å². The number of benzene rings is 1. The lowest BCUT2D eigenvalue weighted by atomic mass is 9.97. The van der Waals surface area contributed by atoms with Gasteiger partial charge in [0.1, 0.15) is 23.9 Å². The number of phenolic OH excluding ortho intramolecular Hbond substituents is 1. The van der Waals surface area contributed by atoms with E-state index in [1.54, 1.807) is 32.9 Å². The van der Waals surface area contributed by atoms with Crippen LogP contribution in [0.15, 0.2) is 24.3 Å². The maximum absolute atomic E-state index is 13.0. The van der Waals surface area contributed by atoms with Crippen LogP contribution in [0, 0.1) is 11.8 Å². The Balaban J connectivity index is 2.87. The molecule has 35 heavy (non-hydrogen) atoms. The predicted molar refractivity (Wildman–Crippen MR) is 129 cm³/mol. The standard InChI is InChI=1S/C24H38N4O7/c1-5-14(4)20(28-21(31)17(25)11-15-6-8-16(30)9-7-15)23(33)27-19(12-29)22(32)26-18(24(34)35)10-13(2)3/h6-9,13-14,17-20,29-30H,5,10-12,25H2,1-4H3,(H,26,32)(H,27,33)(H,28,31)(H,34,35). The summed E-state index contributed by atoms with van der Waals surface area (Å²) in [6.07, 6.45) is 0.879. The van der Waals surface area contributed by atoms with Crippen molar-refractivity contribution in [1.29, 1.82) is 0 Å². The minimum atomic E-state index is -1.40. The number of phenols is 1. The predicted octanol–water partition coefficient (Wildman–Crippen LogP) is -0.114. The fraction of sp³-hybridized carbons (Fsp3) is 0.583. The molecule has 0 aliphatic carbocycles. The average molecular weight is 495 g/mol. The van der Waals surface area contributed by atoms with Crippen molar-refractivity contribution in [2.45, 2.75) is 71.1 Å². The number of carboxylic acids is 1.